The van der Waals surface area contributed by atoms with Crippen LogP contribution in [0.25, 0.3) is 0 Å². The summed E-state index contributed by atoms with van der Waals surface area (Å²) in [5.41, 5.74) is 0.0285. The van der Waals surface area contributed by atoms with Crippen molar-refractivity contribution in [3.63, 3.8) is 0 Å². The lowest BCUT2D eigenvalue weighted by atomic mass is 9.75. The molecule has 8 nitrogen and oxygen atoms in total. The van der Waals surface area contributed by atoms with Gasteiger partial charge in [-0.15, -0.1) is 0 Å². The molecule has 0 fully saturated rings. The van der Waals surface area contributed by atoms with Crippen molar-refractivity contribution in [3.05, 3.63) is 75.8 Å². The van der Waals surface area contributed by atoms with Gasteiger partial charge >= 0.3 is 6.09 Å². The third-order valence-corrected chi connectivity index (χ3v) is 4.96. The average molecular weight is 383 g/mol. The second-order valence-corrected chi connectivity index (χ2v) is 6.51. The number of hydrogen-bond acceptors (Lipinski definition) is 5. The van der Waals surface area contributed by atoms with Gasteiger partial charge in [-0.1, -0.05) is 48.5 Å². The van der Waals surface area contributed by atoms with Crippen molar-refractivity contribution in [2.75, 3.05) is 25.1 Å². The molecule has 2 unspecified atom stereocenters. The molecule has 1 N–H and O–H groups in total. The Bertz CT molecular complexity index is 902. The minimum atomic E-state index is -1.65. The number of para-hydroxylation sites is 1. The van der Waals surface area contributed by atoms with Crippen molar-refractivity contribution in [2.24, 2.45) is 0 Å². The van der Waals surface area contributed by atoms with Crippen LogP contribution in [-0.4, -0.2) is 37.1 Å². The maximum absolute atomic E-state index is 13.5. The van der Waals surface area contributed by atoms with E-state index in [1.165, 1.54) is 4.90 Å². The molecule has 0 aliphatic carbocycles. The Morgan fingerprint density at radius 2 is 1.86 bits per heavy atom. The van der Waals surface area contributed by atoms with E-state index in [0.29, 0.717) is 16.8 Å². The predicted molar refractivity (Wildman–Crippen MR) is 103 cm³/mol. The molecule has 28 heavy (non-hydrogen) atoms. The van der Waals surface area contributed by atoms with Gasteiger partial charge in [0, 0.05) is 23.2 Å². The minimum absolute atomic E-state index is 0.110. The molecule has 0 saturated carbocycles. The number of fused-ring (bicyclic) bond motifs is 1. The third kappa shape index (κ3) is 3.17. The average Bonchev–Trinajstić information content (AvgIpc) is 2.90. The number of anilines is 1. The Hall–Kier alpha value is -3.42. The molecule has 2 amide bonds. The zero-order valence-corrected chi connectivity index (χ0v) is 15.6. The molecule has 0 bridgehead atoms. The topological polar surface area (TPSA) is 102 Å². The number of nitrogens with one attached hydrogen (secondary N) is 1. The van der Waals surface area contributed by atoms with Crippen molar-refractivity contribution >= 4 is 17.7 Å². The SMILES string of the molecule is CCOC(=O)NC1(C(C[N+](=O)[O-])c2ccccc2)C(=O)N(C)c2ccccc21. The molecule has 1 aliphatic heterocycles. The number of benzene rings is 2. The Labute approximate surface area is 162 Å². The van der Waals surface area contributed by atoms with E-state index >= 15 is 0 Å². The molecule has 2 atom stereocenters. The normalized spacial score (nSPS) is 19.1. The highest BCUT2D eigenvalue weighted by Crippen LogP contribution is 2.47. The molecule has 8 heteroatoms. The molecular weight excluding hydrogens is 362 g/mol. The highest BCUT2D eigenvalue weighted by atomic mass is 16.6. The summed E-state index contributed by atoms with van der Waals surface area (Å²) in [6.45, 7) is 1.22. The Morgan fingerprint density at radius 3 is 2.50 bits per heavy atom. The van der Waals surface area contributed by atoms with E-state index in [0.717, 1.165) is 0 Å². The van der Waals surface area contributed by atoms with Crippen molar-refractivity contribution in [1.29, 1.82) is 0 Å². The lowest BCUT2D eigenvalue weighted by Gasteiger charge is -2.35. The zero-order chi connectivity index (χ0) is 20.3. The van der Waals surface area contributed by atoms with Crippen LogP contribution in [0.5, 0.6) is 0 Å². The number of carbonyl (C=O) groups is 2. The lowest BCUT2D eigenvalue weighted by Crippen LogP contribution is -2.57. The molecule has 0 spiro atoms. The molecule has 0 radical (unpaired) electrons. The number of hydrogen-bond donors (Lipinski definition) is 1. The smallest absolute Gasteiger partial charge is 0.408 e. The van der Waals surface area contributed by atoms with Crippen LogP contribution in [0.1, 0.15) is 24.0 Å². The van der Waals surface area contributed by atoms with E-state index in [1.54, 1.807) is 68.6 Å². The first-order chi connectivity index (χ1) is 13.4. The van der Waals surface area contributed by atoms with Gasteiger partial charge in [0.15, 0.2) is 5.54 Å². The van der Waals surface area contributed by atoms with Gasteiger partial charge in [0.2, 0.25) is 6.54 Å². The second kappa shape index (κ2) is 7.67. The van der Waals surface area contributed by atoms with Crippen LogP contribution in [0, 0.1) is 10.1 Å². The summed E-state index contributed by atoms with van der Waals surface area (Å²) in [5.74, 6) is -1.37. The quantitative estimate of drug-likeness (QED) is 0.610. The van der Waals surface area contributed by atoms with Gasteiger partial charge in [-0.2, -0.15) is 0 Å². The summed E-state index contributed by atoms with van der Waals surface area (Å²) in [6.07, 6.45) is -0.801. The fraction of sp³-hybridized carbons (Fsp3) is 0.300. The number of amides is 2. The molecule has 2 aromatic carbocycles. The molecule has 1 aliphatic rings. The number of rotatable bonds is 6. The Balaban J connectivity index is 2.25. The molecule has 1 heterocycles. The number of carbonyl (C=O) groups excluding carboxylic acids is 2. The number of nitro groups is 1. The number of ether oxygens (including phenoxy) is 1. The highest BCUT2D eigenvalue weighted by Gasteiger charge is 2.58. The van der Waals surface area contributed by atoms with Gasteiger partial charge in [0.05, 0.1) is 12.5 Å². The van der Waals surface area contributed by atoms with Crippen LogP contribution in [-0.2, 0) is 15.1 Å². The minimum Gasteiger partial charge on any atom is -0.450 e. The number of likely N-dealkylation sites (N-methyl/N-ethyl adjacent to an activating group) is 1. The first-order valence-corrected chi connectivity index (χ1v) is 8.91. The Morgan fingerprint density at radius 1 is 1.21 bits per heavy atom. The van der Waals surface area contributed by atoms with Gasteiger partial charge < -0.3 is 15.0 Å². The third-order valence-electron chi connectivity index (χ3n) is 4.96. The molecule has 146 valence electrons. The van der Waals surface area contributed by atoms with Gasteiger partial charge in [0.25, 0.3) is 5.91 Å². The lowest BCUT2D eigenvalue weighted by molar-refractivity contribution is -0.485. The van der Waals surface area contributed by atoms with E-state index in [-0.39, 0.29) is 6.61 Å². The highest BCUT2D eigenvalue weighted by molar-refractivity contribution is 6.09. The fourth-order valence-electron chi connectivity index (χ4n) is 3.79. The van der Waals surface area contributed by atoms with E-state index in [2.05, 4.69) is 5.32 Å². The monoisotopic (exact) mass is 383 g/mol. The van der Waals surface area contributed by atoms with Crippen molar-refractivity contribution in [1.82, 2.24) is 5.32 Å². The summed E-state index contributed by atoms with van der Waals surface area (Å²) in [6, 6.07) is 15.7. The van der Waals surface area contributed by atoms with Gasteiger partial charge in [0.1, 0.15) is 0 Å². The van der Waals surface area contributed by atoms with E-state index < -0.39 is 34.9 Å². The molecule has 3 rings (SSSR count). The molecule has 2 aromatic rings. The second-order valence-electron chi connectivity index (χ2n) is 6.51. The van der Waals surface area contributed by atoms with Gasteiger partial charge in [-0.05, 0) is 18.6 Å². The van der Waals surface area contributed by atoms with Crippen molar-refractivity contribution < 1.29 is 19.2 Å². The molecule has 0 aromatic heterocycles. The van der Waals surface area contributed by atoms with Crippen molar-refractivity contribution in [2.45, 2.75) is 18.4 Å². The van der Waals surface area contributed by atoms with E-state index in [1.807, 2.05) is 0 Å². The largest absolute Gasteiger partial charge is 0.450 e. The van der Waals surface area contributed by atoms with Crippen LogP contribution in [0.4, 0.5) is 10.5 Å². The van der Waals surface area contributed by atoms with E-state index in [4.69, 9.17) is 4.74 Å². The first kappa shape index (κ1) is 19.3. The zero-order valence-electron chi connectivity index (χ0n) is 15.6. The summed E-state index contributed by atoms with van der Waals surface area (Å²) in [7, 11) is 1.59. The summed E-state index contributed by atoms with van der Waals surface area (Å²) < 4.78 is 5.03. The number of nitrogens with zero attached hydrogens (tertiary/aromatic N) is 2. The fourth-order valence-corrected chi connectivity index (χ4v) is 3.79. The van der Waals surface area contributed by atoms with Crippen LogP contribution < -0.4 is 10.2 Å². The van der Waals surface area contributed by atoms with Gasteiger partial charge in [-0.3, -0.25) is 14.9 Å². The van der Waals surface area contributed by atoms with Gasteiger partial charge in [-0.25, -0.2) is 4.79 Å². The van der Waals surface area contributed by atoms with Crippen molar-refractivity contribution in [3.8, 4) is 0 Å². The Kier molecular flexibility index (Phi) is 5.30. The maximum atomic E-state index is 13.5. The van der Waals surface area contributed by atoms with Crippen LogP contribution in [0.3, 0.4) is 0 Å². The predicted octanol–water partition coefficient (Wildman–Crippen LogP) is 2.66. The van der Waals surface area contributed by atoms with Crippen LogP contribution in [0.2, 0.25) is 0 Å². The number of alkyl carbamates (subject to hydrolysis) is 1. The van der Waals surface area contributed by atoms with Crippen LogP contribution in [0.15, 0.2) is 54.6 Å². The summed E-state index contributed by atoms with van der Waals surface area (Å²) >= 11 is 0. The molecule has 0 saturated heterocycles. The maximum Gasteiger partial charge on any atom is 0.408 e. The standard InChI is InChI=1S/C20H21N3O5/c1-3-28-19(25)21-20(15-11-7-8-12-17(15)22(2)18(20)24)16(13-23(26)27)14-9-5-4-6-10-14/h4-12,16H,3,13H2,1-2H3,(H,21,25). The van der Waals surface area contributed by atoms with E-state index in [9.17, 15) is 19.7 Å². The summed E-state index contributed by atoms with van der Waals surface area (Å²) in [5, 5.41) is 14.2. The summed E-state index contributed by atoms with van der Waals surface area (Å²) in [4.78, 5) is 38.3. The first-order valence-electron chi connectivity index (χ1n) is 8.91. The van der Waals surface area contributed by atoms with Crippen LogP contribution >= 0.6 is 0 Å². The molecular formula is C20H21N3O5.